The summed E-state index contributed by atoms with van der Waals surface area (Å²) in [7, 11) is 0.953. The quantitative estimate of drug-likeness (QED) is 0.758. The zero-order chi connectivity index (χ0) is 13.1. The lowest BCUT2D eigenvalue weighted by Gasteiger charge is -2.15. The van der Waals surface area contributed by atoms with Crippen LogP contribution in [0.5, 0.6) is 0 Å². The molecule has 0 fully saturated rings. The maximum atomic E-state index is 13.6. The van der Waals surface area contributed by atoms with Crippen LogP contribution in [0.1, 0.15) is 25.0 Å². The first-order valence-electron chi connectivity index (χ1n) is 5.43. The van der Waals surface area contributed by atoms with Gasteiger partial charge in [-0.3, -0.25) is 0 Å². The maximum absolute atomic E-state index is 13.6. The van der Waals surface area contributed by atoms with Crippen molar-refractivity contribution in [3.8, 4) is 0 Å². The molecule has 1 aromatic rings. The van der Waals surface area contributed by atoms with Crippen LogP contribution in [0, 0.1) is 5.92 Å². The summed E-state index contributed by atoms with van der Waals surface area (Å²) in [6.45, 7) is 4.01. The number of carbonyl (C=O) groups excluding carboxylic acids is 1. The molecule has 0 atom stereocenters. The van der Waals surface area contributed by atoms with Crippen LogP contribution < -0.4 is 0 Å². The van der Waals surface area contributed by atoms with E-state index < -0.39 is 11.9 Å². The Labute approximate surface area is 99.6 Å². The largest absolute Gasteiger partial charge is 0.464 e. The number of carbonyl (C=O) groups is 1. The van der Waals surface area contributed by atoms with Crippen LogP contribution in [0.2, 0.25) is 0 Å². The predicted molar refractivity (Wildman–Crippen MR) is 60.9 cm³/mol. The zero-order valence-corrected chi connectivity index (χ0v) is 10.2. The first kappa shape index (κ1) is 13.6. The number of hydrogen-bond acceptors (Lipinski definition) is 2. The maximum Gasteiger partial charge on any atom is 0.381 e. The Morgan fingerprint density at radius 3 is 2.59 bits per heavy atom. The molecule has 0 spiro atoms. The van der Waals surface area contributed by atoms with E-state index in [1.54, 1.807) is 6.07 Å². The van der Waals surface area contributed by atoms with Crippen molar-refractivity contribution < 1.29 is 18.3 Å². The van der Waals surface area contributed by atoms with Gasteiger partial charge in [0.25, 0.3) is 0 Å². The fraction of sp³-hybridized carbons (Fsp3) is 0.462. The molecular weight excluding hydrogens is 226 g/mol. The molecule has 1 aromatic carbocycles. The Morgan fingerprint density at radius 1 is 1.41 bits per heavy atom. The van der Waals surface area contributed by atoms with Gasteiger partial charge in [0.2, 0.25) is 0 Å². The third-order valence-corrected chi connectivity index (χ3v) is 2.38. The van der Waals surface area contributed by atoms with Gasteiger partial charge in [0.15, 0.2) is 0 Å². The molecule has 17 heavy (non-hydrogen) atoms. The molecule has 0 unspecified atom stereocenters. The van der Waals surface area contributed by atoms with Crippen LogP contribution in [-0.2, 0) is 21.9 Å². The van der Waals surface area contributed by atoms with E-state index in [4.69, 9.17) is 0 Å². The van der Waals surface area contributed by atoms with Gasteiger partial charge in [0.05, 0.1) is 7.11 Å². The normalized spacial score (nSPS) is 11.6. The summed E-state index contributed by atoms with van der Waals surface area (Å²) < 4.78 is 31.3. The first-order chi connectivity index (χ1) is 7.87. The molecule has 94 valence electrons. The third kappa shape index (κ3) is 3.25. The van der Waals surface area contributed by atoms with E-state index in [1.165, 1.54) is 18.2 Å². The number of rotatable bonds is 4. The number of hydrogen-bond donors (Lipinski definition) is 0. The molecule has 0 aliphatic rings. The SMILES string of the molecule is COC(=O)C(F)(F)c1cccc(CC(C)C)c1. The summed E-state index contributed by atoms with van der Waals surface area (Å²) in [5.41, 5.74) is 0.476. The van der Waals surface area contributed by atoms with E-state index >= 15 is 0 Å². The fourth-order valence-corrected chi connectivity index (χ4v) is 1.61. The van der Waals surface area contributed by atoms with Gasteiger partial charge < -0.3 is 4.74 Å². The molecule has 0 aliphatic heterocycles. The molecule has 0 saturated heterocycles. The molecule has 1 rings (SSSR count). The van der Waals surface area contributed by atoms with Gasteiger partial charge >= 0.3 is 11.9 Å². The topological polar surface area (TPSA) is 26.3 Å². The summed E-state index contributed by atoms with van der Waals surface area (Å²) in [6, 6.07) is 5.90. The second-order valence-corrected chi connectivity index (χ2v) is 4.36. The van der Waals surface area contributed by atoms with Gasteiger partial charge in [0, 0.05) is 5.56 Å². The minimum Gasteiger partial charge on any atom is -0.464 e. The smallest absolute Gasteiger partial charge is 0.381 e. The van der Waals surface area contributed by atoms with Crippen LogP contribution in [0.15, 0.2) is 24.3 Å². The Balaban J connectivity index is 3.02. The third-order valence-electron chi connectivity index (χ3n) is 2.38. The molecule has 0 heterocycles. The molecule has 4 heteroatoms. The van der Waals surface area contributed by atoms with Crippen LogP contribution in [0.3, 0.4) is 0 Å². The molecular formula is C13H16F2O2. The van der Waals surface area contributed by atoms with Crippen LogP contribution in [0.25, 0.3) is 0 Å². The average Bonchev–Trinajstić information content (AvgIpc) is 2.27. The highest BCUT2D eigenvalue weighted by molar-refractivity contribution is 5.79. The highest BCUT2D eigenvalue weighted by Crippen LogP contribution is 2.30. The lowest BCUT2D eigenvalue weighted by molar-refractivity contribution is -0.170. The Hall–Kier alpha value is -1.45. The zero-order valence-electron chi connectivity index (χ0n) is 10.2. The van der Waals surface area contributed by atoms with Gasteiger partial charge in [-0.05, 0) is 24.0 Å². The highest BCUT2D eigenvalue weighted by Gasteiger charge is 2.42. The highest BCUT2D eigenvalue weighted by atomic mass is 19.3. The summed E-state index contributed by atoms with van der Waals surface area (Å²) in [4.78, 5) is 11.0. The lowest BCUT2D eigenvalue weighted by Crippen LogP contribution is -2.27. The van der Waals surface area contributed by atoms with Crippen molar-refractivity contribution in [2.75, 3.05) is 7.11 Å². The molecule has 0 saturated carbocycles. The number of methoxy groups -OCH3 is 1. The van der Waals surface area contributed by atoms with Crippen LogP contribution in [-0.4, -0.2) is 13.1 Å². The van der Waals surface area contributed by atoms with E-state index in [-0.39, 0.29) is 5.56 Å². The molecule has 0 bridgehead atoms. The van der Waals surface area contributed by atoms with Gasteiger partial charge in [-0.2, -0.15) is 8.78 Å². The molecule has 0 aromatic heterocycles. The number of halogens is 2. The molecule has 0 aliphatic carbocycles. The van der Waals surface area contributed by atoms with Crippen molar-refractivity contribution in [3.63, 3.8) is 0 Å². The summed E-state index contributed by atoms with van der Waals surface area (Å²) in [5, 5.41) is 0. The number of esters is 1. The Morgan fingerprint density at radius 2 is 2.06 bits per heavy atom. The van der Waals surface area contributed by atoms with Crippen molar-refractivity contribution in [2.24, 2.45) is 5.92 Å². The number of ether oxygens (including phenoxy) is 1. The van der Waals surface area contributed by atoms with Crippen molar-refractivity contribution in [1.82, 2.24) is 0 Å². The van der Waals surface area contributed by atoms with E-state index in [9.17, 15) is 13.6 Å². The average molecular weight is 242 g/mol. The second kappa shape index (κ2) is 5.25. The molecule has 0 radical (unpaired) electrons. The van der Waals surface area contributed by atoms with Crippen molar-refractivity contribution in [1.29, 1.82) is 0 Å². The van der Waals surface area contributed by atoms with Gasteiger partial charge in [-0.25, -0.2) is 4.79 Å². The van der Waals surface area contributed by atoms with Crippen LogP contribution >= 0.6 is 0 Å². The van der Waals surface area contributed by atoms with Crippen molar-refractivity contribution in [3.05, 3.63) is 35.4 Å². The fourth-order valence-electron chi connectivity index (χ4n) is 1.61. The van der Waals surface area contributed by atoms with Gasteiger partial charge in [-0.1, -0.05) is 32.0 Å². The Bertz CT molecular complexity index is 400. The van der Waals surface area contributed by atoms with E-state index in [0.29, 0.717) is 12.3 Å². The monoisotopic (exact) mass is 242 g/mol. The number of benzene rings is 1. The molecule has 0 amide bonds. The van der Waals surface area contributed by atoms with Crippen LogP contribution in [0.4, 0.5) is 8.78 Å². The minimum atomic E-state index is -3.58. The Kier molecular flexibility index (Phi) is 4.21. The lowest BCUT2D eigenvalue weighted by atomic mass is 9.99. The first-order valence-corrected chi connectivity index (χ1v) is 5.43. The molecule has 2 nitrogen and oxygen atoms in total. The predicted octanol–water partition coefficient (Wildman–Crippen LogP) is 3.15. The summed E-state index contributed by atoms with van der Waals surface area (Å²) >= 11 is 0. The second-order valence-electron chi connectivity index (χ2n) is 4.36. The summed E-state index contributed by atoms with van der Waals surface area (Å²) in [6.07, 6.45) is 0.699. The van der Waals surface area contributed by atoms with E-state index in [2.05, 4.69) is 4.74 Å². The van der Waals surface area contributed by atoms with Crippen molar-refractivity contribution >= 4 is 5.97 Å². The van der Waals surface area contributed by atoms with Gasteiger partial charge in [0.1, 0.15) is 0 Å². The summed E-state index contributed by atoms with van der Waals surface area (Å²) in [5.74, 6) is -4.74. The molecule has 0 N–H and O–H groups in total. The number of alkyl halides is 2. The minimum absolute atomic E-state index is 0.317. The van der Waals surface area contributed by atoms with E-state index in [1.807, 2.05) is 13.8 Å². The van der Waals surface area contributed by atoms with Crippen molar-refractivity contribution in [2.45, 2.75) is 26.2 Å². The standard InChI is InChI=1S/C13H16F2O2/c1-9(2)7-10-5-4-6-11(8-10)13(14,15)12(16)17-3/h4-6,8-9H,7H2,1-3H3. The van der Waals surface area contributed by atoms with E-state index in [0.717, 1.165) is 12.7 Å². The van der Waals surface area contributed by atoms with Gasteiger partial charge in [-0.15, -0.1) is 0 Å².